The monoisotopic (exact) mass is 281 g/mol. The number of aliphatic hydroxyl groups excluding tert-OH is 1. The number of nitrogens with zero attached hydrogens (tertiary/aromatic N) is 1. The molecule has 102 valence electrons. The second kappa shape index (κ2) is 5.96. The van der Waals surface area contributed by atoms with Gasteiger partial charge in [-0.1, -0.05) is 30.3 Å². The molecular formula is C12H15N3O3S. The minimum Gasteiger partial charge on any atom is -0.395 e. The number of aliphatic hydroxyl groups is 1. The van der Waals surface area contributed by atoms with Gasteiger partial charge in [0.2, 0.25) is 0 Å². The third-order valence-electron chi connectivity index (χ3n) is 2.63. The Kier molecular flexibility index (Phi) is 4.31. The van der Waals surface area contributed by atoms with E-state index in [1.165, 1.54) is 12.5 Å². The van der Waals surface area contributed by atoms with Crippen molar-refractivity contribution in [3.05, 3.63) is 48.4 Å². The summed E-state index contributed by atoms with van der Waals surface area (Å²) in [5.74, 6) is 0. The summed E-state index contributed by atoms with van der Waals surface area (Å²) < 4.78 is 26.4. The first-order valence-corrected chi connectivity index (χ1v) is 7.25. The van der Waals surface area contributed by atoms with Crippen molar-refractivity contribution in [1.82, 2.24) is 14.7 Å². The number of aromatic amines is 1. The maximum atomic E-state index is 12.0. The fourth-order valence-corrected chi connectivity index (χ4v) is 2.85. The van der Waals surface area contributed by atoms with E-state index >= 15 is 0 Å². The van der Waals surface area contributed by atoms with Crippen molar-refractivity contribution in [2.45, 2.75) is 17.5 Å². The number of nitrogens with one attached hydrogen (secondary N) is 2. The van der Waals surface area contributed by atoms with Crippen LogP contribution in [0.4, 0.5) is 0 Å². The van der Waals surface area contributed by atoms with E-state index in [9.17, 15) is 13.5 Å². The standard InChI is InChI=1S/C12H15N3O3S/c16-8-11(6-10-4-2-1-3-5-10)15-19(17,18)12-7-13-9-14-12/h1-5,7,9,11,15-16H,6,8H2,(H,13,14)/t11-/m1/s1. The molecule has 2 aromatic rings. The van der Waals surface area contributed by atoms with Crippen LogP contribution in [-0.2, 0) is 16.4 Å². The summed E-state index contributed by atoms with van der Waals surface area (Å²) in [5, 5.41) is 9.28. The number of aromatic nitrogens is 2. The van der Waals surface area contributed by atoms with E-state index in [1.54, 1.807) is 0 Å². The van der Waals surface area contributed by atoms with Gasteiger partial charge in [-0.3, -0.25) is 0 Å². The van der Waals surface area contributed by atoms with Gasteiger partial charge in [0.1, 0.15) is 0 Å². The Bertz CT molecular complexity index is 596. The van der Waals surface area contributed by atoms with Crippen molar-refractivity contribution in [1.29, 1.82) is 0 Å². The predicted octanol–water partition coefficient (Wildman–Crippen LogP) is 0.292. The summed E-state index contributed by atoms with van der Waals surface area (Å²) in [6, 6.07) is 8.81. The van der Waals surface area contributed by atoms with E-state index in [2.05, 4.69) is 14.7 Å². The largest absolute Gasteiger partial charge is 0.395 e. The van der Waals surface area contributed by atoms with E-state index in [1.807, 2.05) is 30.3 Å². The van der Waals surface area contributed by atoms with Gasteiger partial charge in [0, 0.05) is 6.04 Å². The van der Waals surface area contributed by atoms with E-state index in [-0.39, 0.29) is 11.6 Å². The molecule has 3 N–H and O–H groups in total. The van der Waals surface area contributed by atoms with Crippen LogP contribution in [0.3, 0.4) is 0 Å². The Hall–Kier alpha value is -1.70. The zero-order valence-corrected chi connectivity index (χ0v) is 11.0. The molecule has 0 aliphatic carbocycles. The summed E-state index contributed by atoms with van der Waals surface area (Å²) in [5.41, 5.74) is 0.953. The Balaban J connectivity index is 2.08. The van der Waals surface area contributed by atoms with Crippen molar-refractivity contribution in [3.8, 4) is 0 Å². The molecule has 0 aliphatic rings. The van der Waals surface area contributed by atoms with Crippen LogP contribution in [0.5, 0.6) is 0 Å². The van der Waals surface area contributed by atoms with Gasteiger partial charge in [0.05, 0.1) is 19.1 Å². The molecule has 0 saturated carbocycles. The number of hydrogen-bond acceptors (Lipinski definition) is 4. The summed E-state index contributed by atoms with van der Waals surface area (Å²) >= 11 is 0. The number of rotatable bonds is 6. The van der Waals surface area contributed by atoms with E-state index in [0.29, 0.717) is 6.42 Å². The number of hydrogen-bond donors (Lipinski definition) is 3. The summed E-state index contributed by atoms with van der Waals surface area (Å²) in [4.78, 5) is 6.20. The highest BCUT2D eigenvalue weighted by atomic mass is 32.2. The van der Waals surface area contributed by atoms with Crippen LogP contribution in [0.2, 0.25) is 0 Å². The molecule has 2 rings (SSSR count). The van der Waals surface area contributed by atoms with Crippen LogP contribution in [0, 0.1) is 0 Å². The highest BCUT2D eigenvalue weighted by molar-refractivity contribution is 7.89. The molecule has 1 atom stereocenters. The van der Waals surface area contributed by atoms with Crippen LogP contribution in [0.15, 0.2) is 47.9 Å². The highest BCUT2D eigenvalue weighted by Crippen LogP contribution is 2.07. The number of benzene rings is 1. The predicted molar refractivity (Wildman–Crippen MR) is 69.9 cm³/mol. The molecule has 0 unspecified atom stereocenters. The lowest BCUT2D eigenvalue weighted by Crippen LogP contribution is -2.39. The lowest BCUT2D eigenvalue weighted by Gasteiger charge is -2.15. The van der Waals surface area contributed by atoms with Crippen LogP contribution >= 0.6 is 0 Å². The smallest absolute Gasteiger partial charge is 0.257 e. The maximum Gasteiger partial charge on any atom is 0.257 e. The summed E-state index contributed by atoms with van der Waals surface area (Å²) in [6.45, 7) is -0.276. The van der Waals surface area contributed by atoms with Crippen molar-refractivity contribution < 1.29 is 13.5 Å². The molecule has 0 aliphatic heterocycles. The molecule has 1 aromatic carbocycles. The Morgan fingerprint density at radius 1 is 1.32 bits per heavy atom. The second-order valence-corrected chi connectivity index (χ2v) is 5.79. The molecule has 7 heteroatoms. The zero-order valence-electron chi connectivity index (χ0n) is 10.2. The Morgan fingerprint density at radius 3 is 2.63 bits per heavy atom. The van der Waals surface area contributed by atoms with Gasteiger partial charge in [0.25, 0.3) is 10.0 Å². The molecule has 0 saturated heterocycles. The molecule has 0 spiro atoms. The van der Waals surface area contributed by atoms with E-state index < -0.39 is 16.1 Å². The van der Waals surface area contributed by atoms with Crippen LogP contribution in [0.25, 0.3) is 0 Å². The third-order valence-corrected chi connectivity index (χ3v) is 4.08. The lowest BCUT2D eigenvalue weighted by atomic mass is 10.1. The topological polar surface area (TPSA) is 95.1 Å². The fourth-order valence-electron chi connectivity index (χ4n) is 1.72. The molecule has 0 bridgehead atoms. The average molecular weight is 281 g/mol. The molecule has 19 heavy (non-hydrogen) atoms. The quantitative estimate of drug-likeness (QED) is 0.709. The third kappa shape index (κ3) is 3.63. The molecule has 6 nitrogen and oxygen atoms in total. The van der Waals surface area contributed by atoms with Crippen molar-refractivity contribution in [3.63, 3.8) is 0 Å². The molecular weight excluding hydrogens is 266 g/mol. The molecule has 0 radical (unpaired) electrons. The van der Waals surface area contributed by atoms with Gasteiger partial charge in [-0.05, 0) is 12.0 Å². The van der Waals surface area contributed by atoms with Gasteiger partial charge >= 0.3 is 0 Å². The normalized spacial score (nSPS) is 13.3. The summed E-state index contributed by atoms with van der Waals surface area (Å²) in [7, 11) is -3.68. The van der Waals surface area contributed by atoms with E-state index in [4.69, 9.17) is 0 Å². The van der Waals surface area contributed by atoms with Crippen molar-refractivity contribution >= 4 is 10.0 Å². The first-order valence-electron chi connectivity index (χ1n) is 5.77. The minimum atomic E-state index is -3.68. The van der Waals surface area contributed by atoms with Crippen LogP contribution < -0.4 is 4.72 Å². The van der Waals surface area contributed by atoms with Crippen LogP contribution in [-0.4, -0.2) is 36.1 Å². The maximum absolute atomic E-state index is 12.0. The van der Waals surface area contributed by atoms with Gasteiger partial charge in [0.15, 0.2) is 5.03 Å². The SMILES string of the molecule is O=S(=O)(N[C@@H](CO)Cc1ccccc1)c1cnc[nH]1. The van der Waals surface area contributed by atoms with Gasteiger partial charge in [-0.15, -0.1) is 0 Å². The lowest BCUT2D eigenvalue weighted by molar-refractivity contribution is 0.256. The first kappa shape index (κ1) is 13.7. The molecule has 1 heterocycles. The van der Waals surface area contributed by atoms with Crippen LogP contribution in [0.1, 0.15) is 5.56 Å². The Morgan fingerprint density at radius 2 is 2.05 bits per heavy atom. The highest BCUT2D eigenvalue weighted by Gasteiger charge is 2.20. The van der Waals surface area contributed by atoms with Gasteiger partial charge < -0.3 is 10.1 Å². The first-order chi connectivity index (χ1) is 9.12. The van der Waals surface area contributed by atoms with Crippen molar-refractivity contribution in [2.75, 3.05) is 6.61 Å². The van der Waals surface area contributed by atoms with Crippen molar-refractivity contribution in [2.24, 2.45) is 0 Å². The Labute approximate surface area is 111 Å². The van der Waals surface area contributed by atoms with E-state index in [0.717, 1.165) is 5.56 Å². The molecule has 1 aromatic heterocycles. The second-order valence-electron chi connectivity index (χ2n) is 4.11. The minimum absolute atomic E-state index is 0.0148. The summed E-state index contributed by atoms with van der Waals surface area (Å²) in [6.07, 6.45) is 2.93. The number of sulfonamides is 1. The number of H-pyrrole nitrogens is 1. The van der Waals surface area contributed by atoms with Gasteiger partial charge in [-0.2, -0.15) is 0 Å². The fraction of sp³-hybridized carbons (Fsp3) is 0.250. The zero-order chi connectivity index (χ0) is 13.7. The molecule has 0 fully saturated rings. The van der Waals surface area contributed by atoms with Gasteiger partial charge in [-0.25, -0.2) is 18.1 Å². The number of imidazole rings is 1. The molecule has 0 amide bonds. The average Bonchev–Trinajstić information content (AvgIpc) is 2.93.